The summed E-state index contributed by atoms with van der Waals surface area (Å²) in [5, 5.41) is 11.9. The van der Waals surface area contributed by atoms with Crippen LogP contribution in [0, 0.1) is 26.6 Å². The molecule has 33 heavy (non-hydrogen) atoms. The third-order valence-electron chi connectivity index (χ3n) is 5.24. The maximum absolute atomic E-state index is 13.5. The van der Waals surface area contributed by atoms with E-state index >= 15 is 0 Å². The van der Waals surface area contributed by atoms with E-state index in [2.05, 4.69) is 15.6 Å². The van der Waals surface area contributed by atoms with Gasteiger partial charge in [-0.15, -0.1) is 0 Å². The Bertz CT molecular complexity index is 1300. The number of halogens is 2. The molecule has 0 radical (unpaired) electrons. The lowest BCUT2D eigenvalue weighted by Gasteiger charge is -2.08. The number of rotatable bonds is 7. The first-order valence-electron chi connectivity index (χ1n) is 10.2. The van der Waals surface area contributed by atoms with Gasteiger partial charge in [0.1, 0.15) is 23.9 Å². The quantitative estimate of drug-likeness (QED) is 0.389. The van der Waals surface area contributed by atoms with Gasteiger partial charge in [-0.1, -0.05) is 28.9 Å². The van der Waals surface area contributed by atoms with Crippen molar-refractivity contribution in [1.29, 1.82) is 0 Å². The van der Waals surface area contributed by atoms with Crippen LogP contribution in [-0.4, -0.2) is 20.8 Å². The fraction of sp³-hybridized carbons (Fsp3) is 0.208. The Labute approximate surface area is 195 Å². The van der Waals surface area contributed by atoms with E-state index in [0.717, 1.165) is 11.3 Å². The zero-order valence-corrected chi connectivity index (χ0v) is 19.1. The molecule has 1 N–H and O–H groups in total. The Kier molecular flexibility index (Phi) is 6.46. The van der Waals surface area contributed by atoms with Gasteiger partial charge in [-0.2, -0.15) is 5.10 Å². The van der Waals surface area contributed by atoms with E-state index in [1.165, 1.54) is 12.1 Å². The molecule has 2 heterocycles. The van der Waals surface area contributed by atoms with Crippen LogP contribution in [0.25, 0.3) is 0 Å². The summed E-state index contributed by atoms with van der Waals surface area (Å²) in [5.41, 5.74) is 3.40. The van der Waals surface area contributed by atoms with Gasteiger partial charge in [-0.3, -0.25) is 9.48 Å². The van der Waals surface area contributed by atoms with Gasteiger partial charge >= 0.3 is 0 Å². The second-order valence-electron chi connectivity index (χ2n) is 7.60. The molecule has 0 aliphatic rings. The summed E-state index contributed by atoms with van der Waals surface area (Å²) < 4.78 is 26.3. The van der Waals surface area contributed by atoms with Crippen molar-refractivity contribution >= 4 is 23.2 Å². The monoisotopic (exact) mass is 468 g/mol. The molecule has 0 atom stereocenters. The highest BCUT2D eigenvalue weighted by atomic mass is 35.5. The van der Waals surface area contributed by atoms with E-state index in [1.54, 1.807) is 48.9 Å². The number of aromatic nitrogens is 3. The zero-order chi connectivity index (χ0) is 23.5. The van der Waals surface area contributed by atoms with E-state index in [1.807, 2.05) is 13.0 Å². The van der Waals surface area contributed by atoms with Gasteiger partial charge < -0.3 is 14.6 Å². The van der Waals surface area contributed by atoms with Crippen LogP contribution in [0.15, 0.2) is 53.1 Å². The van der Waals surface area contributed by atoms with Crippen molar-refractivity contribution in [3.8, 4) is 5.75 Å². The molecule has 1 amide bonds. The minimum Gasteiger partial charge on any atom is -0.489 e. The number of benzene rings is 2. The van der Waals surface area contributed by atoms with E-state index in [9.17, 15) is 9.18 Å². The van der Waals surface area contributed by atoms with Crippen LogP contribution in [0.1, 0.15) is 38.8 Å². The van der Waals surface area contributed by atoms with Crippen LogP contribution >= 0.6 is 11.6 Å². The molecular formula is C24H22ClFN4O3. The number of carbonyl (C=O) groups is 1. The maximum Gasteiger partial charge on any atom is 0.278 e. The van der Waals surface area contributed by atoms with Gasteiger partial charge in [0.25, 0.3) is 5.91 Å². The highest BCUT2D eigenvalue weighted by molar-refractivity contribution is 6.30. The fourth-order valence-corrected chi connectivity index (χ4v) is 3.56. The first-order valence-corrected chi connectivity index (χ1v) is 10.6. The molecule has 170 valence electrons. The molecule has 2 aromatic heterocycles. The van der Waals surface area contributed by atoms with Gasteiger partial charge in [0.15, 0.2) is 5.69 Å². The van der Waals surface area contributed by atoms with E-state index in [0.29, 0.717) is 40.0 Å². The molecule has 4 aromatic rings. The second kappa shape index (κ2) is 9.46. The number of anilines is 1. The van der Waals surface area contributed by atoms with Crippen molar-refractivity contribution in [2.75, 3.05) is 5.32 Å². The van der Waals surface area contributed by atoms with Crippen LogP contribution < -0.4 is 10.1 Å². The van der Waals surface area contributed by atoms with Gasteiger partial charge in [0.2, 0.25) is 0 Å². The molecule has 2 aromatic carbocycles. The summed E-state index contributed by atoms with van der Waals surface area (Å²) in [6.07, 6.45) is 0. The first-order chi connectivity index (χ1) is 15.8. The van der Waals surface area contributed by atoms with Crippen molar-refractivity contribution in [3.63, 3.8) is 0 Å². The Morgan fingerprint density at radius 2 is 1.94 bits per heavy atom. The number of hydrogen-bond donors (Lipinski definition) is 1. The van der Waals surface area contributed by atoms with Crippen molar-refractivity contribution in [2.24, 2.45) is 0 Å². The number of nitrogens with zero attached hydrogens (tertiary/aromatic N) is 3. The van der Waals surface area contributed by atoms with Crippen molar-refractivity contribution in [1.82, 2.24) is 14.9 Å². The summed E-state index contributed by atoms with van der Waals surface area (Å²) in [4.78, 5) is 13.0. The molecule has 0 bridgehead atoms. The minimum atomic E-state index is -0.432. The number of amides is 1. The molecule has 4 rings (SSSR count). The lowest BCUT2D eigenvalue weighted by molar-refractivity contribution is 0.101. The molecule has 9 heteroatoms. The van der Waals surface area contributed by atoms with Gasteiger partial charge in [0, 0.05) is 5.02 Å². The highest BCUT2D eigenvalue weighted by Crippen LogP contribution is 2.24. The number of hydrogen-bond acceptors (Lipinski definition) is 5. The molecule has 0 saturated carbocycles. The highest BCUT2D eigenvalue weighted by Gasteiger charge is 2.23. The SMILES string of the molecule is Cc1nn(Cc2cccc(F)c2)c(C)c1NC(=O)c1noc(C)c1COc1ccc(Cl)cc1. The molecule has 0 saturated heterocycles. The summed E-state index contributed by atoms with van der Waals surface area (Å²) in [5.74, 6) is 0.358. The molecule has 0 spiro atoms. The van der Waals surface area contributed by atoms with E-state index in [-0.39, 0.29) is 18.1 Å². The molecule has 7 nitrogen and oxygen atoms in total. The number of ether oxygens (including phenoxy) is 1. The maximum atomic E-state index is 13.5. The topological polar surface area (TPSA) is 82.2 Å². The van der Waals surface area contributed by atoms with Crippen molar-refractivity contribution < 1.29 is 18.4 Å². The Morgan fingerprint density at radius 1 is 1.18 bits per heavy atom. The Balaban J connectivity index is 1.51. The molecular weight excluding hydrogens is 447 g/mol. The summed E-state index contributed by atoms with van der Waals surface area (Å²) in [6.45, 7) is 5.84. The number of carbonyl (C=O) groups excluding carboxylic acids is 1. The number of nitrogens with one attached hydrogen (secondary N) is 1. The normalized spacial score (nSPS) is 10.9. The van der Waals surface area contributed by atoms with Crippen LogP contribution in [0.5, 0.6) is 5.75 Å². The predicted molar refractivity (Wildman–Crippen MR) is 122 cm³/mol. The minimum absolute atomic E-state index is 0.108. The van der Waals surface area contributed by atoms with Crippen molar-refractivity contribution in [3.05, 3.63) is 93.3 Å². The van der Waals surface area contributed by atoms with E-state index in [4.69, 9.17) is 20.9 Å². The molecule has 0 aliphatic heterocycles. The number of aryl methyl sites for hydroxylation is 2. The van der Waals surface area contributed by atoms with Crippen LogP contribution in [-0.2, 0) is 13.2 Å². The smallest absolute Gasteiger partial charge is 0.278 e. The third kappa shape index (κ3) is 5.06. The lowest BCUT2D eigenvalue weighted by Crippen LogP contribution is -2.16. The van der Waals surface area contributed by atoms with Crippen LogP contribution in [0.4, 0.5) is 10.1 Å². The lowest BCUT2D eigenvalue weighted by atomic mass is 10.2. The summed E-state index contributed by atoms with van der Waals surface area (Å²) >= 11 is 5.90. The average Bonchev–Trinajstić information content (AvgIpc) is 3.27. The Morgan fingerprint density at radius 3 is 2.67 bits per heavy atom. The molecule has 0 fully saturated rings. The second-order valence-corrected chi connectivity index (χ2v) is 8.03. The van der Waals surface area contributed by atoms with Gasteiger partial charge in [-0.25, -0.2) is 4.39 Å². The van der Waals surface area contributed by atoms with Gasteiger partial charge in [0.05, 0.1) is 29.2 Å². The molecule has 0 aliphatic carbocycles. The largest absolute Gasteiger partial charge is 0.489 e. The standard InChI is InChI=1S/C24H22ClFN4O3/c1-14-22(15(2)30(28-14)12-17-5-4-6-19(26)11-17)27-24(31)23-21(16(3)33-29-23)13-32-20-9-7-18(25)8-10-20/h4-11H,12-13H2,1-3H3,(H,27,31). The van der Waals surface area contributed by atoms with Gasteiger partial charge in [-0.05, 0) is 62.7 Å². The summed E-state index contributed by atoms with van der Waals surface area (Å²) in [7, 11) is 0. The van der Waals surface area contributed by atoms with Crippen molar-refractivity contribution in [2.45, 2.75) is 33.9 Å². The fourth-order valence-electron chi connectivity index (χ4n) is 3.44. The predicted octanol–water partition coefficient (Wildman–Crippen LogP) is 5.47. The zero-order valence-electron chi connectivity index (χ0n) is 18.4. The summed E-state index contributed by atoms with van der Waals surface area (Å²) in [6, 6.07) is 13.2. The first kappa shape index (κ1) is 22.5. The van der Waals surface area contributed by atoms with Crippen LogP contribution in [0.2, 0.25) is 5.02 Å². The molecule has 0 unspecified atom stereocenters. The van der Waals surface area contributed by atoms with Crippen LogP contribution in [0.3, 0.4) is 0 Å². The average molecular weight is 469 g/mol. The Hall–Kier alpha value is -3.65. The van der Waals surface area contributed by atoms with E-state index < -0.39 is 5.91 Å². The third-order valence-corrected chi connectivity index (χ3v) is 5.49.